The standard InChI is InChI=1S/C18H22BrNO/c1-20-17-5-4-13(8-15(17)10-18(20)21)16(19)9-14-7-11-2-3-12(14)6-11/h4-5,8,11-12,14,16H,2-3,6-7,9-10H2,1H3. The lowest BCUT2D eigenvalue weighted by atomic mass is 9.84. The van der Waals surface area contributed by atoms with Crippen molar-refractivity contribution in [2.75, 3.05) is 11.9 Å². The molecule has 0 saturated heterocycles. The third kappa shape index (κ3) is 2.34. The first-order chi connectivity index (χ1) is 10.1. The fourth-order valence-corrected chi connectivity index (χ4v) is 5.52. The van der Waals surface area contributed by atoms with Crippen LogP contribution in [0.2, 0.25) is 0 Å². The lowest BCUT2D eigenvalue weighted by Crippen LogP contribution is -2.20. The number of anilines is 1. The first-order valence-electron chi connectivity index (χ1n) is 8.15. The maximum atomic E-state index is 11.8. The van der Waals surface area contributed by atoms with Crippen molar-refractivity contribution in [1.29, 1.82) is 0 Å². The van der Waals surface area contributed by atoms with Crippen LogP contribution in [0.25, 0.3) is 0 Å². The molecule has 2 nitrogen and oxygen atoms in total. The van der Waals surface area contributed by atoms with Crippen molar-refractivity contribution in [1.82, 2.24) is 0 Å². The van der Waals surface area contributed by atoms with E-state index in [9.17, 15) is 4.79 Å². The van der Waals surface area contributed by atoms with Gasteiger partial charge in [-0.3, -0.25) is 4.79 Å². The molecule has 0 spiro atoms. The largest absolute Gasteiger partial charge is 0.315 e. The number of hydrogen-bond acceptors (Lipinski definition) is 1. The van der Waals surface area contributed by atoms with E-state index in [0.29, 0.717) is 11.2 Å². The first kappa shape index (κ1) is 13.8. The molecule has 0 aromatic heterocycles. The van der Waals surface area contributed by atoms with Crippen LogP contribution in [-0.2, 0) is 11.2 Å². The SMILES string of the molecule is CN1C(=O)Cc2cc(C(Br)CC3CC4CCC3C4)ccc21. The Kier molecular flexibility index (Phi) is 3.36. The van der Waals surface area contributed by atoms with Crippen LogP contribution < -0.4 is 4.90 Å². The summed E-state index contributed by atoms with van der Waals surface area (Å²) in [6.45, 7) is 0. The summed E-state index contributed by atoms with van der Waals surface area (Å²) in [6.07, 6.45) is 7.67. The highest BCUT2D eigenvalue weighted by Crippen LogP contribution is 2.52. The number of nitrogens with zero attached hydrogens (tertiary/aromatic N) is 1. The second-order valence-electron chi connectivity index (χ2n) is 7.16. The van der Waals surface area contributed by atoms with Crippen LogP contribution in [0.1, 0.15) is 48.1 Å². The Morgan fingerprint density at radius 1 is 1.33 bits per heavy atom. The molecule has 1 amide bonds. The molecule has 1 aliphatic heterocycles. The number of fused-ring (bicyclic) bond motifs is 3. The minimum atomic E-state index is 0.210. The second kappa shape index (κ2) is 5.12. The van der Waals surface area contributed by atoms with Crippen molar-refractivity contribution in [3.8, 4) is 0 Å². The van der Waals surface area contributed by atoms with E-state index in [1.54, 1.807) is 4.90 Å². The van der Waals surface area contributed by atoms with Gasteiger partial charge in [0.1, 0.15) is 0 Å². The third-order valence-corrected chi connectivity index (χ3v) is 6.84. The molecule has 2 saturated carbocycles. The van der Waals surface area contributed by atoms with Gasteiger partial charge in [-0.1, -0.05) is 34.5 Å². The Hall–Kier alpha value is -0.830. The highest BCUT2D eigenvalue weighted by atomic mass is 79.9. The monoisotopic (exact) mass is 347 g/mol. The maximum absolute atomic E-state index is 11.8. The summed E-state index contributed by atoms with van der Waals surface area (Å²) >= 11 is 3.91. The molecule has 2 bridgehead atoms. The molecule has 4 unspecified atom stereocenters. The number of likely N-dealkylation sites (N-methyl/N-ethyl adjacent to an activating group) is 1. The molecule has 0 radical (unpaired) electrons. The Morgan fingerprint density at radius 3 is 2.90 bits per heavy atom. The van der Waals surface area contributed by atoms with Crippen LogP contribution >= 0.6 is 15.9 Å². The van der Waals surface area contributed by atoms with E-state index in [1.807, 2.05) is 7.05 Å². The number of alkyl halides is 1. The zero-order valence-corrected chi connectivity index (χ0v) is 14.1. The van der Waals surface area contributed by atoms with Crippen molar-refractivity contribution in [3.05, 3.63) is 29.3 Å². The normalized spacial score (nSPS) is 31.8. The summed E-state index contributed by atoms with van der Waals surface area (Å²) in [7, 11) is 1.87. The zero-order valence-electron chi connectivity index (χ0n) is 12.5. The van der Waals surface area contributed by atoms with Gasteiger partial charge in [0, 0.05) is 17.6 Å². The number of rotatable bonds is 3. The average molecular weight is 348 g/mol. The van der Waals surface area contributed by atoms with Crippen molar-refractivity contribution in [3.63, 3.8) is 0 Å². The molecule has 4 rings (SSSR count). The predicted molar refractivity (Wildman–Crippen MR) is 88.8 cm³/mol. The fraction of sp³-hybridized carbons (Fsp3) is 0.611. The van der Waals surface area contributed by atoms with Gasteiger partial charge < -0.3 is 4.90 Å². The van der Waals surface area contributed by atoms with Crippen molar-refractivity contribution < 1.29 is 4.79 Å². The van der Waals surface area contributed by atoms with Crippen molar-refractivity contribution >= 4 is 27.5 Å². The van der Waals surface area contributed by atoms with E-state index in [4.69, 9.17) is 0 Å². The van der Waals surface area contributed by atoms with Crippen LogP contribution in [0.4, 0.5) is 5.69 Å². The minimum Gasteiger partial charge on any atom is -0.315 e. The number of carbonyl (C=O) groups excluding carboxylic acids is 1. The van der Waals surface area contributed by atoms with Crippen molar-refractivity contribution in [2.24, 2.45) is 17.8 Å². The number of amides is 1. The van der Waals surface area contributed by atoms with Gasteiger partial charge in [-0.2, -0.15) is 0 Å². The number of carbonyl (C=O) groups is 1. The van der Waals surface area contributed by atoms with Crippen molar-refractivity contribution in [2.45, 2.75) is 43.4 Å². The van der Waals surface area contributed by atoms with Gasteiger partial charge >= 0.3 is 0 Å². The van der Waals surface area contributed by atoms with Gasteiger partial charge in [0.05, 0.1) is 6.42 Å². The fourth-order valence-electron chi connectivity index (χ4n) is 4.75. The number of halogens is 1. The molecule has 112 valence electrons. The molecule has 0 N–H and O–H groups in total. The molecule has 1 aromatic carbocycles. The van der Waals surface area contributed by atoms with Gasteiger partial charge in [-0.15, -0.1) is 0 Å². The highest BCUT2D eigenvalue weighted by Gasteiger charge is 2.40. The Balaban J connectivity index is 1.49. The molecule has 2 aliphatic carbocycles. The highest BCUT2D eigenvalue weighted by molar-refractivity contribution is 9.09. The summed E-state index contributed by atoms with van der Waals surface area (Å²) < 4.78 is 0. The lowest BCUT2D eigenvalue weighted by molar-refractivity contribution is -0.117. The predicted octanol–water partition coefficient (Wildman–Crippen LogP) is 4.47. The zero-order chi connectivity index (χ0) is 14.6. The first-order valence-corrected chi connectivity index (χ1v) is 9.07. The third-order valence-electron chi connectivity index (χ3n) is 5.94. The smallest absolute Gasteiger partial charge is 0.231 e. The molecule has 3 heteroatoms. The topological polar surface area (TPSA) is 20.3 Å². The Morgan fingerprint density at radius 2 is 2.19 bits per heavy atom. The Labute approximate surface area is 135 Å². The van der Waals surface area contributed by atoms with Gasteiger partial charge in [0.2, 0.25) is 5.91 Å². The maximum Gasteiger partial charge on any atom is 0.231 e. The van der Waals surface area contributed by atoms with Gasteiger partial charge in [-0.25, -0.2) is 0 Å². The molecular weight excluding hydrogens is 326 g/mol. The average Bonchev–Trinajstić information content (AvgIpc) is 3.15. The summed E-state index contributed by atoms with van der Waals surface area (Å²) in [5.74, 6) is 3.12. The van der Waals surface area contributed by atoms with Crippen LogP contribution in [0, 0.1) is 17.8 Å². The number of benzene rings is 1. The van der Waals surface area contributed by atoms with Crippen LogP contribution in [0.3, 0.4) is 0 Å². The van der Waals surface area contributed by atoms with Crippen LogP contribution in [-0.4, -0.2) is 13.0 Å². The summed E-state index contributed by atoms with van der Waals surface area (Å²) in [6, 6.07) is 6.55. The molecule has 2 fully saturated rings. The summed E-state index contributed by atoms with van der Waals surface area (Å²) in [4.78, 5) is 14.0. The molecular formula is C18H22BrNO. The van der Waals surface area contributed by atoms with Gasteiger partial charge in [0.15, 0.2) is 0 Å². The molecule has 1 heterocycles. The van der Waals surface area contributed by atoms with Crippen LogP contribution in [0.5, 0.6) is 0 Å². The van der Waals surface area contributed by atoms with E-state index in [0.717, 1.165) is 23.4 Å². The minimum absolute atomic E-state index is 0.210. The summed E-state index contributed by atoms with van der Waals surface area (Å²) in [5.41, 5.74) is 3.63. The van der Waals surface area contributed by atoms with Gasteiger partial charge in [0.25, 0.3) is 0 Å². The van der Waals surface area contributed by atoms with Gasteiger partial charge in [-0.05, 0) is 60.6 Å². The van der Waals surface area contributed by atoms with E-state index in [1.165, 1.54) is 43.2 Å². The second-order valence-corrected chi connectivity index (χ2v) is 8.26. The van der Waals surface area contributed by atoms with E-state index < -0.39 is 0 Å². The lowest BCUT2D eigenvalue weighted by Gasteiger charge is -2.24. The van der Waals surface area contributed by atoms with E-state index in [-0.39, 0.29) is 5.91 Å². The summed E-state index contributed by atoms with van der Waals surface area (Å²) in [5, 5.41) is 0. The Bertz CT molecular complexity index is 585. The van der Waals surface area contributed by atoms with E-state index in [2.05, 4.69) is 34.1 Å². The molecule has 4 atom stereocenters. The molecule has 21 heavy (non-hydrogen) atoms. The molecule has 3 aliphatic rings. The molecule has 1 aromatic rings. The van der Waals surface area contributed by atoms with E-state index >= 15 is 0 Å². The number of hydrogen-bond donors (Lipinski definition) is 0. The van der Waals surface area contributed by atoms with Crippen LogP contribution in [0.15, 0.2) is 18.2 Å². The quantitative estimate of drug-likeness (QED) is 0.738.